The first kappa shape index (κ1) is 20.0. The number of nitrogens with one attached hydrogen (secondary N) is 2. The zero-order valence-electron chi connectivity index (χ0n) is 16.3. The molecule has 3 rings (SSSR count). The summed E-state index contributed by atoms with van der Waals surface area (Å²) in [6.45, 7) is 7.25. The number of hydrogen-bond donors (Lipinski definition) is 2. The van der Waals surface area contributed by atoms with Crippen molar-refractivity contribution in [1.82, 2.24) is 0 Å². The third-order valence-corrected chi connectivity index (χ3v) is 6.33. The van der Waals surface area contributed by atoms with Crippen molar-refractivity contribution in [2.45, 2.75) is 38.5 Å². The smallest absolute Gasteiger partial charge is 0.255 e. The highest BCUT2D eigenvalue weighted by Crippen LogP contribution is 2.34. The lowest BCUT2D eigenvalue weighted by atomic mass is 10.2. The zero-order chi connectivity index (χ0) is 20.5. The van der Waals surface area contributed by atoms with Crippen molar-refractivity contribution in [3.8, 4) is 11.5 Å². The van der Waals surface area contributed by atoms with Gasteiger partial charge < -0.3 is 14.8 Å². The Balaban J connectivity index is 1.69. The first-order valence-corrected chi connectivity index (χ1v) is 10.4. The molecule has 8 heteroatoms. The summed E-state index contributed by atoms with van der Waals surface area (Å²) in [7, 11) is -3.52. The lowest BCUT2D eigenvalue weighted by molar-refractivity contribution is 0.102. The number of fused-ring (bicyclic) bond motifs is 1. The van der Waals surface area contributed by atoms with Crippen molar-refractivity contribution < 1.29 is 22.7 Å². The van der Waals surface area contributed by atoms with E-state index in [0.717, 1.165) is 0 Å². The van der Waals surface area contributed by atoms with Crippen LogP contribution in [0.3, 0.4) is 0 Å². The van der Waals surface area contributed by atoms with E-state index in [1.807, 2.05) is 6.92 Å². The van der Waals surface area contributed by atoms with Crippen LogP contribution in [0.5, 0.6) is 11.5 Å². The molecule has 1 aliphatic rings. The molecule has 0 saturated carbocycles. The first-order valence-electron chi connectivity index (χ1n) is 8.92. The molecule has 0 fully saturated rings. The van der Waals surface area contributed by atoms with Gasteiger partial charge in [-0.2, -0.15) is 0 Å². The van der Waals surface area contributed by atoms with Gasteiger partial charge in [0.1, 0.15) is 12.7 Å². The van der Waals surface area contributed by atoms with Crippen LogP contribution >= 0.6 is 0 Å². The fourth-order valence-electron chi connectivity index (χ4n) is 2.46. The van der Waals surface area contributed by atoms with Gasteiger partial charge in [0.25, 0.3) is 5.91 Å². The molecule has 0 aromatic heterocycles. The van der Waals surface area contributed by atoms with Gasteiger partial charge in [-0.25, -0.2) is 8.42 Å². The summed E-state index contributed by atoms with van der Waals surface area (Å²) >= 11 is 0. The largest absolute Gasteiger partial charge is 0.486 e. The minimum atomic E-state index is -3.52. The summed E-state index contributed by atoms with van der Waals surface area (Å²) in [5.41, 5.74) is 1.39. The third kappa shape index (κ3) is 4.39. The summed E-state index contributed by atoms with van der Waals surface area (Å²) in [4.78, 5) is 12.5. The molecule has 0 saturated heterocycles. The minimum absolute atomic E-state index is 0.0529. The summed E-state index contributed by atoms with van der Waals surface area (Å²) in [6.07, 6.45) is -0.0529. The van der Waals surface area contributed by atoms with Crippen molar-refractivity contribution in [3.05, 3.63) is 48.0 Å². The fraction of sp³-hybridized carbons (Fsp3) is 0.350. The molecule has 28 heavy (non-hydrogen) atoms. The Hall–Kier alpha value is -2.74. The number of ether oxygens (including phenoxy) is 2. The van der Waals surface area contributed by atoms with Crippen LogP contribution in [0.1, 0.15) is 38.1 Å². The predicted octanol–water partition coefficient (Wildman–Crippen LogP) is 3.64. The Labute approximate surface area is 165 Å². The number of benzene rings is 2. The van der Waals surface area contributed by atoms with E-state index in [9.17, 15) is 13.2 Å². The Bertz CT molecular complexity index is 979. The van der Waals surface area contributed by atoms with Gasteiger partial charge in [-0.1, -0.05) is 0 Å². The second kappa shape index (κ2) is 7.35. The standard InChI is InChI=1S/C20H24N2O5S/c1-13-12-26-17-10-9-16(11-18(17)27-13)21-19(23)14-5-7-15(8-6-14)22-28(24,25)20(2,3)4/h5-11,13,22H,12H2,1-4H3,(H,21,23). The zero-order valence-corrected chi connectivity index (χ0v) is 17.1. The molecule has 0 aliphatic carbocycles. The highest BCUT2D eigenvalue weighted by Gasteiger charge is 2.28. The second-order valence-electron chi connectivity index (χ2n) is 7.65. The van der Waals surface area contributed by atoms with Crippen LogP contribution in [0.25, 0.3) is 0 Å². The van der Waals surface area contributed by atoms with Crippen LogP contribution < -0.4 is 19.5 Å². The Morgan fingerprint density at radius 2 is 1.68 bits per heavy atom. The van der Waals surface area contributed by atoms with Crippen molar-refractivity contribution in [2.75, 3.05) is 16.6 Å². The van der Waals surface area contributed by atoms with E-state index in [1.54, 1.807) is 63.2 Å². The van der Waals surface area contributed by atoms with Gasteiger partial charge in [0.2, 0.25) is 10.0 Å². The highest BCUT2D eigenvalue weighted by atomic mass is 32.2. The van der Waals surface area contributed by atoms with E-state index in [-0.39, 0.29) is 12.0 Å². The first-order chi connectivity index (χ1) is 13.0. The van der Waals surface area contributed by atoms with Crippen LogP contribution in [0.2, 0.25) is 0 Å². The van der Waals surface area contributed by atoms with Gasteiger partial charge in [-0.05, 0) is 64.1 Å². The molecule has 7 nitrogen and oxygen atoms in total. The second-order valence-corrected chi connectivity index (χ2v) is 10.1. The fourth-order valence-corrected chi connectivity index (χ4v) is 3.21. The summed E-state index contributed by atoms with van der Waals surface area (Å²) in [5.74, 6) is 0.921. The average Bonchev–Trinajstić information content (AvgIpc) is 2.60. The minimum Gasteiger partial charge on any atom is -0.486 e. The van der Waals surface area contributed by atoms with E-state index in [0.29, 0.717) is 35.0 Å². The van der Waals surface area contributed by atoms with E-state index in [1.165, 1.54) is 0 Å². The molecule has 1 amide bonds. The van der Waals surface area contributed by atoms with Crippen LogP contribution in [-0.4, -0.2) is 31.8 Å². The maximum absolute atomic E-state index is 12.5. The van der Waals surface area contributed by atoms with Gasteiger partial charge >= 0.3 is 0 Å². The van der Waals surface area contributed by atoms with Gasteiger partial charge in [0.05, 0.1) is 4.75 Å². The summed E-state index contributed by atoms with van der Waals surface area (Å²) in [5, 5.41) is 2.80. The molecular weight excluding hydrogens is 380 g/mol. The molecule has 2 N–H and O–H groups in total. The lowest BCUT2D eigenvalue weighted by Crippen LogP contribution is -2.33. The lowest BCUT2D eigenvalue weighted by Gasteiger charge is -2.24. The van der Waals surface area contributed by atoms with Crippen LogP contribution in [0.4, 0.5) is 11.4 Å². The number of carbonyl (C=O) groups is 1. The summed E-state index contributed by atoms with van der Waals surface area (Å²) in [6, 6.07) is 11.5. The van der Waals surface area contributed by atoms with Crippen LogP contribution in [0, 0.1) is 0 Å². The van der Waals surface area contributed by atoms with E-state index >= 15 is 0 Å². The molecule has 1 atom stereocenters. The molecule has 1 aliphatic heterocycles. The molecule has 0 spiro atoms. The third-order valence-electron chi connectivity index (χ3n) is 4.21. The summed E-state index contributed by atoms with van der Waals surface area (Å²) < 4.78 is 37.3. The van der Waals surface area contributed by atoms with Crippen molar-refractivity contribution >= 4 is 27.3 Å². The normalized spacial score (nSPS) is 16.4. The molecule has 150 valence electrons. The van der Waals surface area contributed by atoms with Gasteiger partial charge in [-0.3, -0.25) is 9.52 Å². The maximum atomic E-state index is 12.5. The average molecular weight is 404 g/mol. The molecular formula is C20H24N2O5S. The highest BCUT2D eigenvalue weighted by molar-refractivity contribution is 7.94. The van der Waals surface area contributed by atoms with Crippen molar-refractivity contribution in [1.29, 1.82) is 0 Å². The number of sulfonamides is 1. The topological polar surface area (TPSA) is 93.7 Å². The van der Waals surface area contributed by atoms with Crippen molar-refractivity contribution in [2.24, 2.45) is 0 Å². The molecule has 2 aromatic rings. The van der Waals surface area contributed by atoms with E-state index in [2.05, 4.69) is 10.0 Å². The molecule has 1 unspecified atom stereocenters. The molecule has 2 aromatic carbocycles. The monoisotopic (exact) mass is 404 g/mol. The van der Waals surface area contributed by atoms with E-state index in [4.69, 9.17) is 9.47 Å². The Kier molecular flexibility index (Phi) is 5.25. The maximum Gasteiger partial charge on any atom is 0.255 e. The van der Waals surface area contributed by atoms with Crippen LogP contribution in [-0.2, 0) is 10.0 Å². The number of rotatable bonds is 4. The number of anilines is 2. The van der Waals surface area contributed by atoms with Crippen molar-refractivity contribution in [3.63, 3.8) is 0 Å². The number of hydrogen-bond acceptors (Lipinski definition) is 5. The molecule has 1 heterocycles. The SMILES string of the molecule is CC1COc2ccc(NC(=O)c3ccc(NS(=O)(=O)C(C)(C)C)cc3)cc2O1. The quantitative estimate of drug-likeness (QED) is 0.811. The molecule has 0 bridgehead atoms. The Morgan fingerprint density at radius 3 is 2.32 bits per heavy atom. The van der Waals surface area contributed by atoms with Gasteiger partial charge in [0.15, 0.2) is 11.5 Å². The predicted molar refractivity (Wildman–Crippen MR) is 109 cm³/mol. The van der Waals surface area contributed by atoms with Gasteiger partial charge in [0, 0.05) is 23.0 Å². The Morgan fingerprint density at radius 1 is 1.04 bits per heavy atom. The number of carbonyl (C=O) groups excluding carboxylic acids is 1. The van der Waals surface area contributed by atoms with Gasteiger partial charge in [-0.15, -0.1) is 0 Å². The van der Waals surface area contributed by atoms with Crippen LogP contribution in [0.15, 0.2) is 42.5 Å². The molecule has 0 radical (unpaired) electrons. The van der Waals surface area contributed by atoms with E-state index < -0.39 is 14.8 Å². The number of amides is 1.